The van der Waals surface area contributed by atoms with Gasteiger partial charge in [0.15, 0.2) is 5.58 Å². The number of carbonyl (C=O) groups excluding carboxylic acids is 1. The van der Waals surface area contributed by atoms with Gasteiger partial charge >= 0.3 is 5.63 Å². The van der Waals surface area contributed by atoms with E-state index < -0.39 is 11.5 Å². The molecule has 8 heteroatoms. The molecule has 3 aromatic rings. The zero-order chi connectivity index (χ0) is 17.4. The number of aryl methyl sites for hydroxylation is 2. The molecule has 0 atom stereocenters. The quantitative estimate of drug-likeness (QED) is 0.577. The molecule has 1 N–H and O–H groups in total. The second-order valence-electron chi connectivity index (χ2n) is 5.18. The molecule has 0 fully saturated rings. The van der Waals surface area contributed by atoms with Crippen molar-refractivity contribution in [3.63, 3.8) is 0 Å². The van der Waals surface area contributed by atoms with Crippen molar-refractivity contribution >= 4 is 60.1 Å². The first-order valence-corrected chi connectivity index (χ1v) is 9.39. The van der Waals surface area contributed by atoms with Crippen molar-refractivity contribution < 1.29 is 9.21 Å². The number of amides is 1. The lowest BCUT2D eigenvalue weighted by Crippen LogP contribution is -2.27. The van der Waals surface area contributed by atoms with Crippen molar-refractivity contribution in [2.75, 3.05) is 0 Å². The summed E-state index contributed by atoms with van der Waals surface area (Å²) < 4.78 is 6.75. The molecule has 1 amide bonds. The largest absolute Gasteiger partial charge is 0.421 e. The summed E-state index contributed by atoms with van der Waals surface area (Å²) in [5, 5.41) is 4.35. The Hall–Kier alpha value is -1.51. The molecule has 0 saturated heterocycles. The molecule has 2 aromatic heterocycles. The van der Waals surface area contributed by atoms with Crippen LogP contribution >= 0.6 is 43.2 Å². The summed E-state index contributed by atoms with van der Waals surface area (Å²) in [5.41, 5.74) is 0.608. The Balaban J connectivity index is 1.91. The highest BCUT2D eigenvalue weighted by atomic mass is 79.9. The van der Waals surface area contributed by atoms with Gasteiger partial charge in [-0.05, 0) is 48.0 Å². The standard InChI is InChI=1S/C16H12Br2N2O3S/c1-7-13(24-8(2)20-7)6-19-15(21)11-4-9-3-10(17)5-12(18)14(9)23-16(11)22/h3-5H,6H2,1-2H3,(H,19,21). The van der Waals surface area contributed by atoms with Crippen molar-refractivity contribution in [3.8, 4) is 0 Å². The number of benzene rings is 1. The summed E-state index contributed by atoms with van der Waals surface area (Å²) in [6.45, 7) is 4.14. The smallest absolute Gasteiger partial charge is 0.349 e. The van der Waals surface area contributed by atoms with Crippen LogP contribution in [0.25, 0.3) is 11.0 Å². The minimum Gasteiger partial charge on any atom is -0.421 e. The fourth-order valence-corrected chi connectivity index (χ4v) is 4.52. The molecule has 5 nitrogen and oxygen atoms in total. The van der Waals surface area contributed by atoms with Crippen LogP contribution in [-0.2, 0) is 6.54 Å². The molecule has 3 rings (SSSR count). The van der Waals surface area contributed by atoms with E-state index in [4.69, 9.17) is 4.42 Å². The van der Waals surface area contributed by atoms with Gasteiger partial charge in [0, 0.05) is 14.7 Å². The van der Waals surface area contributed by atoms with E-state index in [2.05, 4.69) is 42.2 Å². The normalized spacial score (nSPS) is 11.0. The van der Waals surface area contributed by atoms with Crippen LogP contribution in [0.2, 0.25) is 0 Å². The highest BCUT2D eigenvalue weighted by Crippen LogP contribution is 2.28. The van der Waals surface area contributed by atoms with Gasteiger partial charge in [-0.2, -0.15) is 0 Å². The molecule has 124 valence electrons. The molecule has 0 unspecified atom stereocenters. The van der Waals surface area contributed by atoms with Gasteiger partial charge in [-0.3, -0.25) is 4.79 Å². The van der Waals surface area contributed by atoms with Crippen LogP contribution in [-0.4, -0.2) is 10.9 Å². The summed E-state index contributed by atoms with van der Waals surface area (Å²) in [7, 11) is 0. The van der Waals surface area contributed by atoms with Gasteiger partial charge in [0.25, 0.3) is 5.91 Å². The second-order valence-corrected chi connectivity index (χ2v) is 8.24. The van der Waals surface area contributed by atoms with Gasteiger partial charge in [-0.1, -0.05) is 15.9 Å². The lowest BCUT2D eigenvalue weighted by atomic mass is 10.2. The van der Waals surface area contributed by atoms with Crippen LogP contribution in [0.4, 0.5) is 0 Å². The predicted molar refractivity (Wildman–Crippen MR) is 101 cm³/mol. The van der Waals surface area contributed by atoms with E-state index in [9.17, 15) is 9.59 Å². The van der Waals surface area contributed by atoms with Gasteiger partial charge in [-0.25, -0.2) is 9.78 Å². The van der Waals surface area contributed by atoms with Crippen molar-refractivity contribution in [3.05, 3.63) is 58.7 Å². The van der Waals surface area contributed by atoms with Crippen LogP contribution in [0.15, 0.2) is 36.4 Å². The van der Waals surface area contributed by atoms with Crippen molar-refractivity contribution in [1.82, 2.24) is 10.3 Å². The van der Waals surface area contributed by atoms with Crippen LogP contribution in [0.3, 0.4) is 0 Å². The third-order valence-corrected chi connectivity index (χ3v) is 5.53. The first-order chi connectivity index (χ1) is 11.3. The maximum absolute atomic E-state index is 12.4. The van der Waals surface area contributed by atoms with Gasteiger partial charge in [-0.15, -0.1) is 11.3 Å². The summed E-state index contributed by atoms with van der Waals surface area (Å²) in [6.07, 6.45) is 0. The maximum Gasteiger partial charge on any atom is 0.349 e. The molecule has 24 heavy (non-hydrogen) atoms. The van der Waals surface area contributed by atoms with E-state index >= 15 is 0 Å². The topological polar surface area (TPSA) is 72.2 Å². The van der Waals surface area contributed by atoms with Crippen molar-refractivity contribution in [1.29, 1.82) is 0 Å². The van der Waals surface area contributed by atoms with Crippen molar-refractivity contribution in [2.24, 2.45) is 0 Å². The molecule has 0 saturated carbocycles. The molecular weight excluding hydrogens is 460 g/mol. The van der Waals surface area contributed by atoms with Crippen molar-refractivity contribution in [2.45, 2.75) is 20.4 Å². The SMILES string of the molecule is Cc1nc(C)c(CNC(=O)c2cc3cc(Br)cc(Br)c3oc2=O)s1. The summed E-state index contributed by atoms with van der Waals surface area (Å²) in [6, 6.07) is 5.10. The number of hydrogen-bond acceptors (Lipinski definition) is 5. The fraction of sp³-hybridized carbons (Fsp3) is 0.188. The molecule has 0 spiro atoms. The molecule has 0 aliphatic rings. The number of fused-ring (bicyclic) bond motifs is 1. The van der Waals surface area contributed by atoms with Gasteiger partial charge in [0.2, 0.25) is 0 Å². The molecule has 0 bridgehead atoms. The monoisotopic (exact) mass is 470 g/mol. The minimum absolute atomic E-state index is 0.0219. The average molecular weight is 472 g/mol. The lowest BCUT2D eigenvalue weighted by molar-refractivity contribution is 0.0947. The number of thiazole rings is 1. The summed E-state index contributed by atoms with van der Waals surface area (Å²) >= 11 is 8.25. The highest BCUT2D eigenvalue weighted by molar-refractivity contribution is 9.11. The van der Waals surface area contributed by atoms with E-state index in [1.165, 1.54) is 17.4 Å². The Morgan fingerprint density at radius 3 is 2.71 bits per heavy atom. The zero-order valence-corrected chi connectivity index (χ0v) is 16.8. The zero-order valence-electron chi connectivity index (χ0n) is 12.8. The van der Waals surface area contributed by atoms with E-state index in [1.807, 2.05) is 13.8 Å². The average Bonchev–Trinajstić information content (AvgIpc) is 2.83. The van der Waals surface area contributed by atoms with Crippen LogP contribution in [0.5, 0.6) is 0 Å². The number of nitrogens with zero attached hydrogens (tertiary/aromatic N) is 1. The summed E-state index contributed by atoms with van der Waals surface area (Å²) in [4.78, 5) is 29.8. The first-order valence-electron chi connectivity index (χ1n) is 6.99. The van der Waals surface area contributed by atoms with Crippen LogP contribution in [0.1, 0.15) is 25.9 Å². The Kier molecular flexibility index (Phi) is 4.89. The Morgan fingerprint density at radius 2 is 2.04 bits per heavy atom. The second kappa shape index (κ2) is 6.78. The molecule has 0 aliphatic carbocycles. The number of halogens is 2. The third kappa shape index (κ3) is 3.45. The Labute approximate surface area is 158 Å². The number of hydrogen-bond donors (Lipinski definition) is 1. The summed E-state index contributed by atoms with van der Waals surface area (Å²) in [5.74, 6) is -0.466. The van der Waals surface area contributed by atoms with E-state index in [1.54, 1.807) is 12.1 Å². The van der Waals surface area contributed by atoms with Crippen LogP contribution < -0.4 is 10.9 Å². The fourth-order valence-electron chi connectivity index (χ4n) is 2.31. The van der Waals surface area contributed by atoms with Gasteiger partial charge in [0.05, 0.1) is 21.7 Å². The highest BCUT2D eigenvalue weighted by Gasteiger charge is 2.16. The van der Waals surface area contributed by atoms with Crippen LogP contribution in [0, 0.1) is 13.8 Å². The molecular formula is C16H12Br2N2O3S. The number of carbonyl (C=O) groups is 1. The number of rotatable bonds is 3. The lowest BCUT2D eigenvalue weighted by Gasteiger charge is -2.06. The number of nitrogens with one attached hydrogen (secondary N) is 1. The number of aromatic nitrogens is 1. The molecule has 0 aliphatic heterocycles. The van der Waals surface area contributed by atoms with Gasteiger partial charge < -0.3 is 9.73 Å². The molecule has 0 radical (unpaired) electrons. The predicted octanol–water partition coefficient (Wildman–Crippen LogP) is 4.32. The van der Waals surface area contributed by atoms with E-state index in [-0.39, 0.29) is 5.56 Å². The molecule has 2 heterocycles. The third-order valence-electron chi connectivity index (χ3n) is 3.41. The Morgan fingerprint density at radius 1 is 1.29 bits per heavy atom. The minimum atomic E-state index is -0.666. The van der Waals surface area contributed by atoms with E-state index in [0.717, 1.165) is 20.1 Å². The Bertz CT molecular complexity index is 1010. The first kappa shape index (κ1) is 17.3. The molecule has 1 aromatic carbocycles. The van der Waals surface area contributed by atoms with Gasteiger partial charge in [0.1, 0.15) is 5.56 Å². The maximum atomic E-state index is 12.4. The van der Waals surface area contributed by atoms with E-state index in [0.29, 0.717) is 22.0 Å².